The van der Waals surface area contributed by atoms with Crippen molar-refractivity contribution in [2.75, 3.05) is 32.7 Å². The number of aromatic nitrogens is 2. The van der Waals surface area contributed by atoms with Crippen molar-refractivity contribution in [3.05, 3.63) is 75.7 Å². The minimum absolute atomic E-state index is 0.186. The molecule has 3 heterocycles. The number of carbonyl (C=O) groups excluding carboxylic acids is 1. The maximum atomic E-state index is 13.3. The van der Waals surface area contributed by atoms with Crippen LogP contribution in [0.4, 0.5) is 0 Å². The fraction of sp³-hybridized carbons (Fsp3) is 0.348. The zero-order chi connectivity index (χ0) is 20.4. The summed E-state index contributed by atoms with van der Waals surface area (Å²) < 4.78 is 1.62. The molecule has 0 N–H and O–H groups in total. The molecule has 0 radical (unpaired) electrons. The molecule has 6 heteroatoms. The maximum Gasteiger partial charge on any atom is 0.265 e. The summed E-state index contributed by atoms with van der Waals surface area (Å²) in [4.78, 5) is 35.0. The quantitative estimate of drug-likeness (QED) is 0.687. The van der Waals surface area contributed by atoms with Crippen LogP contribution in [0.2, 0.25) is 0 Å². The van der Waals surface area contributed by atoms with E-state index in [0.29, 0.717) is 25.3 Å². The van der Waals surface area contributed by atoms with E-state index in [-0.39, 0.29) is 17.0 Å². The van der Waals surface area contributed by atoms with E-state index in [1.807, 2.05) is 43.3 Å². The van der Waals surface area contributed by atoms with E-state index in [4.69, 9.17) is 0 Å². The van der Waals surface area contributed by atoms with E-state index in [1.165, 1.54) is 5.56 Å². The number of hydrogen-bond donors (Lipinski definition) is 0. The molecule has 0 unspecified atom stereocenters. The van der Waals surface area contributed by atoms with Gasteiger partial charge in [0.25, 0.3) is 11.5 Å². The standard InChI is InChI=1S/C23H26N4O2/c1-3-25-11-13-26(14-12-25)22(28)20-15-19-5-4-10-24-21(19)27(23(20)29)16-18-8-6-17(2)7-9-18/h4-10,15H,3,11-14,16H2,1-2H3. The van der Waals surface area contributed by atoms with Gasteiger partial charge in [0.1, 0.15) is 11.2 Å². The summed E-state index contributed by atoms with van der Waals surface area (Å²) in [6, 6.07) is 13.5. The predicted molar refractivity (Wildman–Crippen MR) is 114 cm³/mol. The molecule has 0 aliphatic carbocycles. The molecule has 1 amide bonds. The van der Waals surface area contributed by atoms with Gasteiger partial charge in [-0.1, -0.05) is 36.8 Å². The highest BCUT2D eigenvalue weighted by Crippen LogP contribution is 2.15. The van der Waals surface area contributed by atoms with Gasteiger partial charge in [-0.3, -0.25) is 14.2 Å². The molecule has 150 valence electrons. The van der Waals surface area contributed by atoms with Crippen molar-refractivity contribution >= 4 is 16.9 Å². The summed E-state index contributed by atoms with van der Waals surface area (Å²) in [5, 5.41) is 0.801. The number of carbonyl (C=O) groups is 1. The maximum absolute atomic E-state index is 13.3. The molecular formula is C23H26N4O2. The molecule has 2 aromatic heterocycles. The molecule has 6 nitrogen and oxygen atoms in total. The lowest BCUT2D eigenvalue weighted by atomic mass is 10.1. The highest BCUT2D eigenvalue weighted by atomic mass is 16.2. The molecule has 0 spiro atoms. The lowest BCUT2D eigenvalue weighted by Gasteiger charge is -2.34. The van der Waals surface area contributed by atoms with E-state index in [2.05, 4.69) is 16.8 Å². The molecule has 1 aliphatic rings. The third-order valence-corrected chi connectivity index (χ3v) is 5.65. The fourth-order valence-electron chi connectivity index (χ4n) is 3.82. The molecule has 1 saturated heterocycles. The molecule has 1 aromatic carbocycles. The number of amides is 1. The molecule has 0 atom stereocenters. The summed E-state index contributed by atoms with van der Waals surface area (Å²) >= 11 is 0. The first-order valence-corrected chi connectivity index (χ1v) is 10.1. The first-order chi connectivity index (χ1) is 14.1. The number of rotatable bonds is 4. The molecular weight excluding hydrogens is 364 g/mol. The van der Waals surface area contributed by atoms with Gasteiger partial charge in [0.2, 0.25) is 0 Å². The number of hydrogen-bond acceptors (Lipinski definition) is 4. The minimum Gasteiger partial charge on any atom is -0.336 e. The van der Waals surface area contributed by atoms with E-state index >= 15 is 0 Å². The van der Waals surface area contributed by atoms with E-state index in [0.717, 1.165) is 30.6 Å². The molecule has 1 fully saturated rings. The van der Waals surface area contributed by atoms with Gasteiger partial charge < -0.3 is 9.80 Å². The highest BCUT2D eigenvalue weighted by molar-refractivity contribution is 5.97. The van der Waals surface area contributed by atoms with Gasteiger partial charge in [0.05, 0.1) is 6.54 Å². The summed E-state index contributed by atoms with van der Waals surface area (Å²) in [5.41, 5.74) is 2.72. The third-order valence-electron chi connectivity index (χ3n) is 5.65. The molecule has 29 heavy (non-hydrogen) atoms. The molecule has 3 aromatic rings. The first kappa shape index (κ1) is 19.3. The number of benzene rings is 1. The molecule has 0 bridgehead atoms. The smallest absolute Gasteiger partial charge is 0.265 e. The zero-order valence-electron chi connectivity index (χ0n) is 17.0. The Kier molecular flexibility index (Phi) is 5.45. The Labute approximate surface area is 170 Å². The van der Waals surface area contributed by atoms with Gasteiger partial charge >= 0.3 is 0 Å². The number of aryl methyl sites for hydroxylation is 1. The number of nitrogens with zero attached hydrogens (tertiary/aromatic N) is 4. The van der Waals surface area contributed by atoms with Crippen molar-refractivity contribution in [2.24, 2.45) is 0 Å². The van der Waals surface area contributed by atoms with Crippen LogP contribution in [0, 0.1) is 6.92 Å². The van der Waals surface area contributed by atoms with Gasteiger partial charge in [0, 0.05) is 37.8 Å². The van der Waals surface area contributed by atoms with Crippen molar-refractivity contribution < 1.29 is 4.79 Å². The predicted octanol–water partition coefficient (Wildman–Crippen LogP) is 2.53. The van der Waals surface area contributed by atoms with Crippen molar-refractivity contribution in [3.8, 4) is 0 Å². The number of fused-ring (bicyclic) bond motifs is 1. The lowest BCUT2D eigenvalue weighted by Crippen LogP contribution is -2.49. The van der Waals surface area contributed by atoms with Crippen LogP contribution in [0.15, 0.2) is 53.5 Å². The van der Waals surface area contributed by atoms with Crippen LogP contribution in [0.3, 0.4) is 0 Å². The van der Waals surface area contributed by atoms with Crippen LogP contribution in [0.25, 0.3) is 11.0 Å². The number of piperazine rings is 1. The zero-order valence-corrected chi connectivity index (χ0v) is 17.0. The summed E-state index contributed by atoms with van der Waals surface area (Å²) in [7, 11) is 0. The summed E-state index contributed by atoms with van der Waals surface area (Å²) in [5.74, 6) is -0.186. The van der Waals surface area contributed by atoms with Crippen LogP contribution in [0.5, 0.6) is 0 Å². The molecule has 4 rings (SSSR count). The van der Waals surface area contributed by atoms with Crippen molar-refractivity contribution in [3.63, 3.8) is 0 Å². The van der Waals surface area contributed by atoms with E-state index < -0.39 is 0 Å². The second-order valence-electron chi connectivity index (χ2n) is 7.58. The largest absolute Gasteiger partial charge is 0.336 e. The summed E-state index contributed by atoms with van der Waals surface area (Å²) in [6.45, 7) is 8.50. The van der Waals surface area contributed by atoms with E-state index in [9.17, 15) is 9.59 Å². The van der Waals surface area contributed by atoms with Gasteiger partial charge in [-0.2, -0.15) is 0 Å². The summed E-state index contributed by atoms with van der Waals surface area (Å²) in [6.07, 6.45) is 1.68. The number of likely N-dealkylation sites (N-methyl/N-ethyl adjacent to an activating group) is 1. The van der Waals surface area contributed by atoms with Crippen LogP contribution < -0.4 is 5.56 Å². The fourth-order valence-corrected chi connectivity index (χ4v) is 3.82. The van der Waals surface area contributed by atoms with Crippen molar-refractivity contribution in [1.29, 1.82) is 0 Å². The monoisotopic (exact) mass is 390 g/mol. The second-order valence-corrected chi connectivity index (χ2v) is 7.58. The van der Waals surface area contributed by atoms with Gasteiger partial charge in [0.15, 0.2) is 0 Å². The Morgan fingerprint density at radius 2 is 1.79 bits per heavy atom. The van der Waals surface area contributed by atoms with E-state index in [1.54, 1.807) is 21.7 Å². The Balaban J connectivity index is 1.73. The average Bonchev–Trinajstić information content (AvgIpc) is 2.76. The molecule has 1 aliphatic heterocycles. The Morgan fingerprint density at radius 1 is 1.07 bits per heavy atom. The van der Waals surface area contributed by atoms with Crippen LogP contribution in [-0.4, -0.2) is 58.0 Å². The number of pyridine rings is 2. The van der Waals surface area contributed by atoms with Gasteiger partial charge in [-0.05, 0) is 37.2 Å². The minimum atomic E-state index is -0.278. The average molecular weight is 390 g/mol. The second kappa shape index (κ2) is 8.17. The Hall–Kier alpha value is -2.99. The van der Waals surface area contributed by atoms with Gasteiger partial charge in [-0.15, -0.1) is 0 Å². The third kappa shape index (κ3) is 3.93. The van der Waals surface area contributed by atoms with Gasteiger partial charge in [-0.25, -0.2) is 4.98 Å². The van der Waals surface area contributed by atoms with Crippen molar-refractivity contribution in [2.45, 2.75) is 20.4 Å². The SMILES string of the molecule is CCN1CCN(C(=O)c2cc3cccnc3n(Cc3ccc(C)cc3)c2=O)CC1. The Bertz CT molecular complexity index is 1080. The van der Waals surface area contributed by atoms with Crippen LogP contribution in [0.1, 0.15) is 28.4 Å². The topological polar surface area (TPSA) is 58.4 Å². The van der Waals surface area contributed by atoms with Crippen LogP contribution in [-0.2, 0) is 6.54 Å². The van der Waals surface area contributed by atoms with Crippen LogP contribution >= 0.6 is 0 Å². The normalized spacial score (nSPS) is 15.0. The first-order valence-electron chi connectivity index (χ1n) is 10.1. The highest BCUT2D eigenvalue weighted by Gasteiger charge is 2.25. The lowest BCUT2D eigenvalue weighted by molar-refractivity contribution is 0.0641. The Morgan fingerprint density at radius 3 is 2.48 bits per heavy atom. The van der Waals surface area contributed by atoms with Crippen molar-refractivity contribution in [1.82, 2.24) is 19.4 Å². The molecule has 0 saturated carbocycles.